The van der Waals surface area contributed by atoms with Crippen LogP contribution in [-0.4, -0.2) is 16.7 Å². The maximum atomic E-state index is 11.9. The fourth-order valence-corrected chi connectivity index (χ4v) is 3.16. The van der Waals surface area contributed by atoms with Crippen LogP contribution in [0.5, 0.6) is 0 Å². The zero-order valence-electron chi connectivity index (χ0n) is 14.2. The smallest absolute Gasteiger partial charge is 0.307 e. The minimum absolute atomic E-state index is 0.244. The van der Waals surface area contributed by atoms with Crippen molar-refractivity contribution in [1.82, 2.24) is 9.99 Å². The lowest BCUT2D eigenvalue weighted by molar-refractivity contribution is 0.0926. The molecule has 128 valence electrons. The topological polar surface area (TPSA) is 59.5 Å². The van der Waals surface area contributed by atoms with Crippen LogP contribution in [0, 0.1) is 20.8 Å². The first-order valence-electron chi connectivity index (χ1n) is 7.81. The number of halogens is 1. The highest BCUT2D eigenvalue weighted by Crippen LogP contribution is 2.26. The monoisotopic (exact) mass is 399 g/mol. The molecular weight excluding hydrogens is 382 g/mol. The van der Waals surface area contributed by atoms with Gasteiger partial charge in [-0.05, 0) is 67.0 Å². The zero-order chi connectivity index (χ0) is 18.0. The molecular formula is C19H18BrN3O2. The Morgan fingerprint density at radius 3 is 2.64 bits per heavy atom. The zero-order valence-corrected chi connectivity index (χ0v) is 15.8. The van der Waals surface area contributed by atoms with Crippen LogP contribution in [0.2, 0.25) is 0 Å². The quantitative estimate of drug-likeness (QED) is 0.517. The van der Waals surface area contributed by atoms with E-state index in [0.29, 0.717) is 5.76 Å². The highest BCUT2D eigenvalue weighted by Gasteiger charge is 2.12. The highest BCUT2D eigenvalue weighted by atomic mass is 79.9. The molecule has 0 atom stereocenters. The van der Waals surface area contributed by atoms with Gasteiger partial charge in [-0.25, -0.2) is 5.43 Å². The molecule has 0 saturated carbocycles. The standard InChI is InChI=1S/C19H18BrN3O2/c1-12-10-15(11-21-22-19(24)18-9-8-13(2)25-18)14(3)23(12)17-7-5-4-6-16(17)20/h4-11H,1-3H3,(H,22,24)/b21-11-. The SMILES string of the molecule is Cc1ccc(C(=O)N/N=C\c2cc(C)n(-c3ccccc3Br)c2C)o1. The molecule has 3 rings (SSSR count). The van der Waals surface area contributed by atoms with Crippen molar-refractivity contribution in [2.24, 2.45) is 5.10 Å². The Bertz CT molecular complexity index is 953. The molecule has 0 bridgehead atoms. The van der Waals surface area contributed by atoms with Crippen LogP contribution in [0.25, 0.3) is 5.69 Å². The predicted octanol–water partition coefficient (Wildman–Crippen LogP) is 4.52. The number of hydrazone groups is 1. The number of aryl methyl sites for hydroxylation is 2. The Morgan fingerprint density at radius 1 is 1.20 bits per heavy atom. The van der Waals surface area contributed by atoms with E-state index in [9.17, 15) is 4.79 Å². The first-order chi connectivity index (χ1) is 12.0. The summed E-state index contributed by atoms with van der Waals surface area (Å²) >= 11 is 3.59. The number of carbonyl (C=O) groups excluding carboxylic acids is 1. The summed E-state index contributed by atoms with van der Waals surface area (Å²) in [6.07, 6.45) is 1.64. The van der Waals surface area contributed by atoms with Crippen LogP contribution in [0.4, 0.5) is 0 Å². The average molecular weight is 400 g/mol. The van der Waals surface area contributed by atoms with Gasteiger partial charge in [-0.1, -0.05) is 12.1 Å². The summed E-state index contributed by atoms with van der Waals surface area (Å²) in [7, 11) is 0. The molecule has 1 amide bonds. The van der Waals surface area contributed by atoms with E-state index in [1.165, 1.54) is 0 Å². The molecule has 0 saturated heterocycles. The summed E-state index contributed by atoms with van der Waals surface area (Å²) < 4.78 is 8.43. The van der Waals surface area contributed by atoms with Crippen molar-refractivity contribution in [2.75, 3.05) is 0 Å². The van der Waals surface area contributed by atoms with Gasteiger partial charge in [0.15, 0.2) is 5.76 Å². The van der Waals surface area contributed by atoms with E-state index < -0.39 is 0 Å². The number of nitrogens with one attached hydrogen (secondary N) is 1. The number of hydrogen-bond donors (Lipinski definition) is 1. The second-order valence-electron chi connectivity index (χ2n) is 5.72. The number of carbonyl (C=O) groups is 1. The summed E-state index contributed by atoms with van der Waals surface area (Å²) in [5, 5.41) is 4.05. The number of hydrogen-bond acceptors (Lipinski definition) is 3. The molecule has 1 aromatic carbocycles. The van der Waals surface area contributed by atoms with E-state index in [1.54, 1.807) is 25.3 Å². The number of amides is 1. The molecule has 25 heavy (non-hydrogen) atoms. The molecule has 2 aromatic heterocycles. The molecule has 0 fully saturated rings. The normalized spacial score (nSPS) is 11.2. The Balaban J connectivity index is 1.81. The molecule has 1 N–H and O–H groups in total. The third-order valence-corrected chi connectivity index (χ3v) is 4.57. The fourth-order valence-electron chi connectivity index (χ4n) is 2.69. The van der Waals surface area contributed by atoms with Gasteiger partial charge in [0.05, 0.1) is 11.9 Å². The van der Waals surface area contributed by atoms with Crippen LogP contribution < -0.4 is 5.43 Å². The predicted molar refractivity (Wildman–Crippen MR) is 101 cm³/mol. The molecule has 0 aliphatic rings. The fraction of sp³-hybridized carbons (Fsp3) is 0.158. The second kappa shape index (κ2) is 7.11. The van der Waals surface area contributed by atoms with Crippen LogP contribution in [-0.2, 0) is 0 Å². The van der Waals surface area contributed by atoms with E-state index in [1.807, 2.05) is 44.2 Å². The van der Waals surface area contributed by atoms with Gasteiger partial charge < -0.3 is 8.98 Å². The summed E-state index contributed by atoms with van der Waals surface area (Å²) in [6, 6.07) is 13.4. The van der Waals surface area contributed by atoms with Gasteiger partial charge in [-0.3, -0.25) is 4.79 Å². The number of rotatable bonds is 4. The van der Waals surface area contributed by atoms with Gasteiger partial charge in [0.25, 0.3) is 0 Å². The molecule has 3 aromatic rings. The number of para-hydroxylation sites is 1. The molecule has 0 spiro atoms. The third-order valence-electron chi connectivity index (χ3n) is 3.90. The number of nitrogens with zero attached hydrogens (tertiary/aromatic N) is 2. The van der Waals surface area contributed by atoms with Crippen molar-refractivity contribution in [3.05, 3.63) is 75.4 Å². The van der Waals surface area contributed by atoms with Crippen molar-refractivity contribution in [2.45, 2.75) is 20.8 Å². The Morgan fingerprint density at radius 2 is 1.96 bits per heavy atom. The molecule has 0 unspecified atom stereocenters. The van der Waals surface area contributed by atoms with Crippen molar-refractivity contribution < 1.29 is 9.21 Å². The van der Waals surface area contributed by atoms with Crippen LogP contribution >= 0.6 is 15.9 Å². The first-order valence-corrected chi connectivity index (χ1v) is 8.60. The molecule has 0 radical (unpaired) electrons. The summed E-state index contributed by atoms with van der Waals surface area (Å²) in [4.78, 5) is 11.9. The second-order valence-corrected chi connectivity index (χ2v) is 6.58. The Labute approximate surface area is 154 Å². The van der Waals surface area contributed by atoms with Crippen LogP contribution in [0.1, 0.15) is 33.3 Å². The lowest BCUT2D eigenvalue weighted by atomic mass is 10.2. The summed E-state index contributed by atoms with van der Waals surface area (Å²) in [5.74, 6) is 0.559. The third kappa shape index (κ3) is 3.58. The van der Waals surface area contributed by atoms with Crippen LogP contribution in [0.3, 0.4) is 0 Å². The Hall–Kier alpha value is -2.60. The minimum Gasteiger partial charge on any atom is -0.456 e. The summed E-state index contributed by atoms with van der Waals surface area (Å²) in [6.45, 7) is 5.84. The van der Waals surface area contributed by atoms with E-state index in [2.05, 4.69) is 31.0 Å². The van der Waals surface area contributed by atoms with Gasteiger partial charge in [-0.2, -0.15) is 5.10 Å². The van der Waals surface area contributed by atoms with Crippen molar-refractivity contribution in [1.29, 1.82) is 0 Å². The average Bonchev–Trinajstić information content (AvgIpc) is 3.12. The van der Waals surface area contributed by atoms with Gasteiger partial charge in [0.1, 0.15) is 5.76 Å². The van der Waals surface area contributed by atoms with E-state index in [0.717, 1.165) is 27.1 Å². The van der Waals surface area contributed by atoms with Gasteiger partial charge in [-0.15, -0.1) is 0 Å². The molecule has 2 heterocycles. The van der Waals surface area contributed by atoms with Crippen molar-refractivity contribution in [3.63, 3.8) is 0 Å². The lowest BCUT2D eigenvalue weighted by Crippen LogP contribution is -2.16. The summed E-state index contributed by atoms with van der Waals surface area (Å²) in [5.41, 5.74) is 6.60. The van der Waals surface area contributed by atoms with E-state index >= 15 is 0 Å². The van der Waals surface area contributed by atoms with Gasteiger partial charge in [0, 0.05) is 21.4 Å². The van der Waals surface area contributed by atoms with Gasteiger partial charge in [0.2, 0.25) is 0 Å². The number of furan rings is 1. The molecule has 6 heteroatoms. The van der Waals surface area contributed by atoms with Crippen molar-refractivity contribution in [3.8, 4) is 5.69 Å². The molecule has 5 nitrogen and oxygen atoms in total. The minimum atomic E-state index is -0.371. The Kier molecular flexibility index (Phi) is 4.90. The largest absolute Gasteiger partial charge is 0.456 e. The van der Waals surface area contributed by atoms with Crippen molar-refractivity contribution >= 4 is 28.1 Å². The molecule has 0 aliphatic heterocycles. The van der Waals surface area contributed by atoms with E-state index in [4.69, 9.17) is 4.42 Å². The van der Waals surface area contributed by atoms with E-state index in [-0.39, 0.29) is 11.7 Å². The number of aromatic nitrogens is 1. The van der Waals surface area contributed by atoms with Gasteiger partial charge >= 0.3 is 5.91 Å². The van der Waals surface area contributed by atoms with Crippen LogP contribution in [0.15, 0.2) is 56.5 Å². The highest BCUT2D eigenvalue weighted by molar-refractivity contribution is 9.10. The maximum Gasteiger partial charge on any atom is 0.307 e. The maximum absolute atomic E-state index is 11.9. The molecule has 0 aliphatic carbocycles. The number of benzene rings is 1. The lowest BCUT2D eigenvalue weighted by Gasteiger charge is -2.11. The first kappa shape index (κ1) is 17.2.